The zero-order valence-electron chi connectivity index (χ0n) is 15.3. The van der Waals surface area contributed by atoms with Crippen LogP contribution in [0.1, 0.15) is 21.6 Å². The van der Waals surface area contributed by atoms with Crippen molar-refractivity contribution in [2.24, 2.45) is 7.05 Å². The lowest BCUT2D eigenvalue weighted by Gasteiger charge is -2.32. The topological polar surface area (TPSA) is 70.5 Å². The molecule has 1 amide bonds. The lowest BCUT2D eigenvalue weighted by Crippen LogP contribution is -2.43. The third kappa shape index (κ3) is 4.77. The van der Waals surface area contributed by atoms with Crippen LogP contribution >= 0.6 is 0 Å². The molecular formula is C19H25N5O2. The molecule has 0 atom stereocenters. The molecule has 0 unspecified atom stereocenters. The van der Waals surface area contributed by atoms with Crippen molar-refractivity contribution < 1.29 is 4.79 Å². The molecule has 1 aromatic carbocycles. The van der Waals surface area contributed by atoms with Crippen LogP contribution in [0.15, 0.2) is 41.2 Å². The quantitative estimate of drug-likeness (QED) is 0.844. The van der Waals surface area contributed by atoms with Gasteiger partial charge in [-0.25, -0.2) is 4.68 Å². The standard InChI is InChI=1S/C19H25N5O2/c1-22-9-11-24(12-10-22)14-16-5-3-15(4-6-16)13-20-19(26)17-7-8-18(25)23(2)21-17/h3-8H,9-14H2,1-2H3,(H,20,26). The van der Waals surface area contributed by atoms with Gasteiger partial charge in [0.2, 0.25) is 0 Å². The smallest absolute Gasteiger partial charge is 0.271 e. The normalized spacial score (nSPS) is 15.8. The van der Waals surface area contributed by atoms with E-state index >= 15 is 0 Å². The van der Waals surface area contributed by atoms with E-state index < -0.39 is 0 Å². The molecule has 0 bridgehead atoms. The van der Waals surface area contributed by atoms with Crippen molar-refractivity contribution in [2.75, 3.05) is 33.2 Å². The Bertz CT molecular complexity index is 807. The van der Waals surface area contributed by atoms with Crippen molar-refractivity contribution in [1.82, 2.24) is 24.9 Å². The second-order valence-electron chi connectivity index (χ2n) is 6.76. The van der Waals surface area contributed by atoms with Crippen molar-refractivity contribution in [1.29, 1.82) is 0 Å². The fourth-order valence-corrected chi connectivity index (χ4v) is 2.92. The monoisotopic (exact) mass is 355 g/mol. The Balaban J connectivity index is 1.51. The summed E-state index contributed by atoms with van der Waals surface area (Å²) in [7, 11) is 3.68. The summed E-state index contributed by atoms with van der Waals surface area (Å²) in [4.78, 5) is 28.3. The molecule has 0 aliphatic carbocycles. The number of hydrogen-bond acceptors (Lipinski definition) is 5. The Kier molecular flexibility index (Phi) is 5.80. The number of rotatable bonds is 5. The van der Waals surface area contributed by atoms with Crippen molar-refractivity contribution in [3.63, 3.8) is 0 Å². The zero-order chi connectivity index (χ0) is 18.5. The van der Waals surface area contributed by atoms with Crippen LogP contribution in [0.4, 0.5) is 0 Å². The van der Waals surface area contributed by atoms with E-state index in [4.69, 9.17) is 0 Å². The van der Waals surface area contributed by atoms with Crippen LogP contribution < -0.4 is 10.9 Å². The molecule has 1 aliphatic rings. The van der Waals surface area contributed by atoms with E-state index in [1.54, 1.807) is 0 Å². The first-order valence-corrected chi connectivity index (χ1v) is 8.82. The van der Waals surface area contributed by atoms with E-state index in [0.29, 0.717) is 6.54 Å². The van der Waals surface area contributed by atoms with Gasteiger partial charge in [-0.05, 0) is 24.2 Å². The molecule has 138 valence electrons. The number of aromatic nitrogens is 2. The highest BCUT2D eigenvalue weighted by atomic mass is 16.2. The van der Waals surface area contributed by atoms with Gasteiger partial charge in [-0.3, -0.25) is 14.5 Å². The van der Waals surface area contributed by atoms with Crippen LogP contribution in [0.2, 0.25) is 0 Å². The predicted molar refractivity (Wildman–Crippen MR) is 99.9 cm³/mol. The fraction of sp³-hybridized carbons (Fsp3) is 0.421. The number of amides is 1. The molecule has 0 radical (unpaired) electrons. The second-order valence-corrected chi connectivity index (χ2v) is 6.76. The Morgan fingerprint density at radius 1 is 1.00 bits per heavy atom. The van der Waals surface area contributed by atoms with Gasteiger partial charge in [0, 0.05) is 52.4 Å². The van der Waals surface area contributed by atoms with Crippen LogP contribution in [0.5, 0.6) is 0 Å². The SMILES string of the molecule is CN1CCN(Cc2ccc(CNC(=O)c3ccc(=O)n(C)n3)cc2)CC1. The lowest BCUT2D eigenvalue weighted by molar-refractivity contribution is 0.0943. The van der Waals surface area contributed by atoms with E-state index in [2.05, 4.69) is 39.4 Å². The second kappa shape index (κ2) is 8.25. The molecule has 7 nitrogen and oxygen atoms in total. The summed E-state index contributed by atoms with van der Waals surface area (Å²) >= 11 is 0. The number of likely N-dealkylation sites (N-methyl/N-ethyl adjacent to an activating group) is 1. The van der Waals surface area contributed by atoms with Gasteiger partial charge in [0.05, 0.1) is 0 Å². The molecule has 2 heterocycles. The summed E-state index contributed by atoms with van der Waals surface area (Å²) in [6.45, 7) is 5.81. The molecular weight excluding hydrogens is 330 g/mol. The molecule has 1 fully saturated rings. The minimum absolute atomic E-state index is 0.235. The summed E-state index contributed by atoms with van der Waals surface area (Å²) < 4.78 is 1.15. The Morgan fingerprint density at radius 2 is 1.65 bits per heavy atom. The summed E-state index contributed by atoms with van der Waals surface area (Å²) in [6.07, 6.45) is 0. The number of nitrogens with one attached hydrogen (secondary N) is 1. The van der Waals surface area contributed by atoms with Gasteiger partial charge in [-0.15, -0.1) is 0 Å². The Labute approximate surface area is 153 Å². The van der Waals surface area contributed by atoms with Crippen LogP contribution in [0, 0.1) is 0 Å². The zero-order valence-corrected chi connectivity index (χ0v) is 15.3. The van der Waals surface area contributed by atoms with E-state index in [9.17, 15) is 9.59 Å². The van der Waals surface area contributed by atoms with Crippen LogP contribution in [-0.2, 0) is 20.1 Å². The van der Waals surface area contributed by atoms with Gasteiger partial charge in [-0.1, -0.05) is 24.3 Å². The maximum atomic E-state index is 12.1. The first-order valence-electron chi connectivity index (χ1n) is 8.82. The predicted octanol–water partition coefficient (Wildman–Crippen LogP) is 0.458. The number of carbonyl (C=O) groups excluding carboxylic acids is 1. The van der Waals surface area contributed by atoms with Crippen LogP contribution in [0.3, 0.4) is 0 Å². The van der Waals surface area contributed by atoms with Gasteiger partial charge < -0.3 is 10.2 Å². The van der Waals surface area contributed by atoms with E-state index in [0.717, 1.165) is 43.0 Å². The average Bonchev–Trinajstić information content (AvgIpc) is 2.65. The highest BCUT2D eigenvalue weighted by molar-refractivity contribution is 5.91. The highest BCUT2D eigenvalue weighted by Gasteiger charge is 2.13. The average molecular weight is 355 g/mol. The maximum Gasteiger partial charge on any atom is 0.271 e. The number of carbonyl (C=O) groups is 1. The fourth-order valence-electron chi connectivity index (χ4n) is 2.92. The first kappa shape index (κ1) is 18.3. The van der Waals surface area contributed by atoms with E-state index in [1.165, 1.54) is 24.7 Å². The van der Waals surface area contributed by atoms with Gasteiger partial charge in [0.25, 0.3) is 11.5 Å². The third-order valence-electron chi connectivity index (χ3n) is 4.67. The van der Waals surface area contributed by atoms with Crippen molar-refractivity contribution >= 4 is 5.91 Å². The molecule has 0 saturated carbocycles. The molecule has 26 heavy (non-hydrogen) atoms. The summed E-state index contributed by atoms with van der Waals surface area (Å²) in [5.41, 5.74) is 2.31. The van der Waals surface area contributed by atoms with Crippen molar-refractivity contribution in [3.8, 4) is 0 Å². The molecule has 1 aromatic heterocycles. The third-order valence-corrected chi connectivity index (χ3v) is 4.67. The molecule has 2 aromatic rings. The molecule has 3 rings (SSSR count). The van der Waals surface area contributed by atoms with E-state index in [1.807, 2.05) is 12.1 Å². The number of hydrogen-bond donors (Lipinski definition) is 1. The van der Waals surface area contributed by atoms with E-state index in [-0.39, 0.29) is 17.2 Å². The van der Waals surface area contributed by atoms with Crippen molar-refractivity contribution in [3.05, 3.63) is 63.6 Å². The van der Waals surface area contributed by atoms with Crippen molar-refractivity contribution in [2.45, 2.75) is 13.1 Å². The number of nitrogens with zero attached hydrogens (tertiary/aromatic N) is 4. The van der Waals surface area contributed by atoms with Crippen LogP contribution in [0.25, 0.3) is 0 Å². The summed E-state index contributed by atoms with van der Waals surface area (Å²) in [5.74, 6) is -0.290. The maximum absolute atomic E-state index is 12.1. The molecule has 1 aliphatic heterocycles. The Hall–Kier alpha value is -2.51. The molecule has 7 heteroatoms. The van der Waals surface area contributed by atoms with Gasteiger partial charge in [0.1, 0.15) is 5.69 Å². The summed E-state index contributed by atoms with van der Waals surface area (Å²) in [6, 6.07) is 11.1. The Morgan fingerprint density at radius 3 is 2.31 bits per heavy atom. The van der Waals surface area contributed by atoms with Gasteiger partial charge in [-0.2, -0.15) is 5.10 Å². The lowest BCUT2D eigenvalue weighted by atomic mass is 10.1. The minimum Gasteiger partial charge on any atom is -0.347 e. The first-order chi connectivity index (χ1) is 12.5. The molecule has 0 spiro atoms. The number of piperazine rings is 1. The molecule has 1 N–H and O–H groups in total. The molecule has 1 saturated heterocycles. The largest absolute Gasteiger partial charge is 0.347 e. The minimum atomic E-state index is -0.290. The van der Waals surface area contributed by atoms with Gasteiger partial charge >= 0.3 is 0 Å². The number of benzene rings is 1. The number of aryl methyl sites for hydroxylation is 1. The summed E-state index contributed by atoms with van der Waals surface area (Å²) in [5, 5.41) is 6.79. The van der Waals surface area contributed by atoms with Crippen LogP contribution in [-0.4, -0.2) is 58.7 Å². The van der Waals surface area contributed by atoms with Gasteiger partial charge in [0.15, 0.2) is 0 Å². The highest BCUT2D eigenvalue weighted by Crippen LogP contribution is 2.10.